The van der Waals surface area contributed by atoms with Crippen molar-refractivity contribution in [3.63, 3.8) is 0 Å². The maximum atomic E-state index is 13.2. The Morgan fingerprint density at radius 3 is 2.73 bits per heavy atom. The summed E-state index contributed by atoms with van der Waals surface area (Å²) in [6, 6.07) is 11.5. The quantitative estimate of drug-likeness (QED) is 0.306. The molecule has 0 aliphatic rings. The van der Waals surface area contributed by atoms with Crippen molar-refractivity contribution in [3.05, 3.63) is 58.4 Å². The Hall–Kier alpha value is -2.95. The molecule has 0 aliphatic carbocycles. The highest BCUT2D eigenvalue weighted by molar-refractivity contribution is 7.08. The SMILES string of the molecule is CCCN(C)C=Nc1cc(C)c(Oc2snc(-c3ccc(F)cc3)c2C#N)cc1Cl. The van der Waals surface area contributed by atoms with Crippen molar-refractivity contribution in [3.8, 4) is 28.1 Å². The van der Waals surface area contributed by atoms with E-state index in [2.05, 4.69) is 22.4 Å². The van der Waals surface area contributed by atoms with Crippen molar-refractivity contribution in [2.45, 2.75) is 20.3 Å². The third-order valence-electron chi connectivity index (χ3n) is 4.31. The van der Waals surface area contributed by atoms with E-state index in [1.165, 1.54) is 12.1 Å². The molecule has 0 bridgehead atoms. The Balaban J connectivity index is 1.87. The summed E-state index contributed by atoms with van der Waals surface area (Å²) < 4.78 is 23.5. The van der Waals surface area contributed by atoms with Crippen molar-refractivity contribution < 1.29 is 9.13 Å². The van der Waals surface area contributed by atoms with Crippen LogP contribution in [0.4, 0.5) is 10.1 Å². The predicted octanol–water partition coefficient (Wildman–Crippen LogP) is 6.58. The van der Waals surface area contributed by atoms with Crippen LogP contribution in [0.3, 0.4) is 0 Å². The number of aromatic nitrogens is 1. The lowest BCUT2D eigenvalue weighted by Crippen LogP contribution is -2.16. The van der Waals surface area contributed by atoms with Crippen LogP contribution in [-0.4, -0.2) is 29.2 Å². The second kappa shape index (κ2) is 9.70. The zero-order valence-electron chi connectivity index (χ0n) is 16.8. The topological polar surface area (TPSA) is 61.5 Å². The van der Waals surface area contributed by atoms with Gasteiger partial charge in [0.25, 0.3) is 0 Å². The molecule has 0 radical (unpaired) electrons. The molecule has 154 valence electrons. The zero-order chi connectivity index (χ0) is 21.7. The van der Waals surface area contributed by atoms with Crippen LogP contribution in [-0.2, 0) is 0 Å². The highest BCUT2D eigenvalue weighted by Crippen LogP contribution is 2.40. The first-order valence-corrected chi connectivity index (χ1v) is 10.5. The molecule has 2 aromatic carbocycles. The van der Waals surface area contributed by atoms with Gasteiger partial charge in [0.15, 0.2) is 0 Å². The first-order chi connectivity index (χ1) is 14.4. The lowest BCUT2D eigenvalue weighted by atomic mass is 10.1. The summed E-state index contributed by atoms with van der Waals surface area (Å²) in [4.78, 5) is 6.43. The Bertz CT molecular complexity index is 1110. The van der Waals surface area contributed by atoms with E-state index < -0.39 is 0 Å². The molecule has 3 rings (SSSR count). The molecular formula is C22H20ClFN4OS. The van der Waals surface area contributed by atoms with Crippen LogP contribution in [0.2, 0.25) is 5.02 Å². The van der Waals surface area contributed by atoms with Crippen molar-refractivity contribution in [1.29, 1.82) is 5.26 Å². The molecule has 8 heteroatoms. The smallest absolute Gasteiger partial charge is 0.218 e. The van der Waals surface area contributed by atoms with Gasteiger partial charge >= 0.3 is 0 Å². The number of rotatable bonds is 7. The lowest BCUT2D eigenvalue weighted by Gasteiger charge is -2.12. The molecule has 0 amide bonds. The number of hydrogen-bond donors (Lipinski definition) is 0. The van der Waals surface area contributed by atoms with Gasteiger partial charge in [-0.2, -0.15) is 9.64 Å². The van der Waals surface area contributed by atoms with Crippen LogP contribution in [0.15, 0.2) is 41.4 Å². The van der Waals surface area contributed by atoms with Crippen LogP contribution in [0.1, 0.15) is 24.5 Å². The first kappa shape index (κ1) is 21.8. The molecule has 1 heterocycles. The average molecular weight is 443 g/mol. The van der Waals surface area contributed by atoms with Gasteiger partial charge in [0.2, 0.25) is 5.06 Å². The number of aliphatic imine (C=N–C) groups is 1. The van der Waals surface area contributed by atoms with Gasteiger partial charge in [-0.15, -0.1) is 0 Å². The van der Waals surface area contributed by atoms with Gasteiger partial charge in [0.05, 0.1) is 17.0 Å². The van der Waals surface area contributed by atoms with Gasteiger partial charge in [-0.3, -0.25) is 0 Å². The minimum atomic E-state index is -0.349. The number of benzene rings is 2. The summed E-state index contributed by atoms with van der Waals surface area (Å²) in [6.45, 7) is 4.89. The van der Waals surface area contributed by atoms with Crippen LogP contribution >= 0.6 is 23.1 Å². The molecule has 0 unspecified atom stereocenters. The number of hydrogen-bond acceptors (Lipinski definition) is 5. The minimum absolute atomic E-state index is 0.297. The van der Waals surface area contributed by atoms with E-state index in [4.69, 9.17) is 16.3 Å². The third-order valence-corrected chi connectivity index (χ3v) is 5.34. The fourth-order valence-electron chi connectivity index (χ4n) is 2.78. The van der Waals surface area contributed by atoms with Crippen molar-refractivity contribution >= 4 is 35.2 Å². The Morgan fingerprint density at radius 2 is 2.07 bits per heavy atom. The molecule has 0 atom stereocenters. The van der Waals surface area contributed by atoms with Crippen molar-refractivity contribution in [1.82, 2.24) is 9.27 Å². The highest BCUT2D eigenvalue weighted by Gasteiger charge is 2.18. The maximum Gasteiger partial charge on any atom is 0.218 e. The second-order valence-corrected chi connectivity index (χ2v) is 7.85. The molecule has 5 nitrogen and oxygen atoms in total. The number of nitriles is 1. The normalized spacial score (nSPS) is 10.9. The Kier molecular flexibility index (Phi) is 7.03. The van der Waals surface area contributed by atoms with Gasteiger partial charge in [0, 0.05) is 36.8 Å². The van der Waals surface area contributed by atoms with Crippen molar-refractivity contribution in [2.75, 3.05) is 13.6 Å². The summed E-state index contributed by atoms with van der Waals surface area (Å²) in [5.41, 5.74) is 2.87. The van der Waals surface area contributed by atoms with Crippen molar-refractivity contribution in [2.24, 2.45) is 4.99 Å². The van der Waals surface area contributed by atoms with Crippen LogP contribution < -0.4 is 4.74 Å². The van der Waals surface area contributed by atoms with Gasteiger partial charge in [-0.1, -0.05) is 18.5 Å². The van der Waals surface area contributed by atoms with E-state index in [1.807, 2.05) is 24.9 Å². The van der Waals surface area contributed by atoms with E-state index >= 15 is 0 Å². The number of ether oxygens (including phenoxy) is 1. The second-order valence-electron chi connectivity index (χ2n) is 6.71. The number of nitrogens with zero attached hydrogens (tertiary/aromatic N) is 4. The molecule has 0 aliphatic heterocycles. The maximum absolute atomic E-state index is 13.2. The predicted molar refractivity (Wildman–Crippen MR) is 120 cm³/mol. The molecule has 0 spiro atoms. The zero-order valence-corrected chi connectivity index (χ0v) is 18.4. The van der Waals surface area contributed by atoms with E-state index in [0.717, 1.165) is 30.1 Å². The molecule has 1 aromatic heterocycles. The molecule has 0 saturated carbocycles. The van der Waals surface area contributed by atoms with Gasteiger partial charge < -0.3 is 9.64 Å². The summed E-state index contributed by atoms with van der Waals surface area (Å²) in [6.07, 6.45) is 2.77. The Morgan fingerprint density at radius 1 is 1.33 bits per heavy atom. The summed E-state index contributed by atoms with van der Waals surface area (Å²) in [5.74, 6) is 0.171. The number of halogens is 2. The van der Waals surface area contributed by atoms with Crippen LogP contribution in [0, 0.1) is 24.1 Å². The molecular weight excluding hydrogens is 423 g/mol. The highest BCUT2D eigenvalue weighted by atomic mass is 35.5. The standard InChI is InChI=1S/C22H20ClFN4OS/c1-4-9-28(3)13-26-19-10-14(2)20(11-18(19)23)29-22-17(12-25)21(27-30-22)15-5-7-16(24)8-6-15/h5-8,10-11,13H,4,9H2,1-3H3. The fraction of sp³-hybridized carbons (Fsp3) is 0.227. The Labute approximate surface area is 184 Å². The average Bonchev–Trinajstić information content (AvgIpc) is 3.12. The van der Waals surface area contributed by atoms with Gasteiger partial charge in [-0.05, 0) is 49.2 Å². The van der Waals surface area contributed by atoms with E-state index in [9.17, 15) is 9.65 Å². The number of aryl methyl sites for hydroxylation is 1. The third kappa shape index (κ3) is 4.96. The van der Waals surface area contributed by atoms with Crippen LogP contribution in [0.5, 0.6) is 10.8 Å². The molecule has 3 aromatic rings. The summed E-state index contributed by atoms with van der Waals surface area (Å²) in [5, 5.41) is 10.4. The fourth-order valence-corrected chi connectivity index (χ4v) is 3.71. The largest absolute Gasteiger partial charge is 0.443 e. The molecule has 0 N–H and O–H groups in total. The minimum Gasteiger partial charge on any atom is -0.443 e. The van der Waals surface area contributed by atoms with Gasteiger partial charge in [0.1, 0.15) is 28.9 Å². The molecule has 0 fully saturated rings. The monoisotopic (exact) mass is 442 g/mol. The first-order valence-electron chi connectivity index (χ1n) is 9.31. The van der Waals surface area contributed by atoms with Gasteiger partial charge in [-0.25, -0.2) is 9.38 Å². The lowest BCUT2D eigenvalue weighted by molar-refractivity contribution is 0.491. The van der Waals surface area contributed by atoms with Crippen LogP contribution in [0.25, 0.3) is 11.3 Å². The van der Waals surface area contributed by atoms with E-state index in [1.54, 1.807) is 24.5 Å². The molecule has 0 saturated heterocycles. The summed E-state index contributed by atoms with van der Waals surface area (Å²) >= 11 is 7.46. The molecule has 30 heavy (non-hydrogen) atoms. The summed E-state index contributed by atoms with van der Waals surface area (Å²) in [7, 11) is 1.96. The van der Waals surface area contributed by atoms with E-state index in [0.29, 0.717) is 38.3 Å². The van der Waals surface area contributed by atoms with E-state index in [-0.39, 0.29) is 5.82 Å².